The molecule has 2 aromatic heterocycles. The fourth-order valence-electron chi connectivity index (χ4n) is 7.76. The van der Waals surface area contributed by atoms with Gasteiger partial charge in [-0.05, 0) is 81.8 Å². The number of esters is 2. The molecule has 1 unspecified atom stereocenters. The number of nitrogens with zero attached hydrogens (tertiary/aromatic N) is 6. The van der Waals surface area contributed by atoms with Gasteiger partial charge in [0.15, 0.2) is 0 Å². The van der Waals surface area contributed by atoms with E-state index in [1.807, 2.05) is 16.9 Å². The Bertz CT molecular complexity index is 2920. The van der Waals surface area contributed by atoms with Gasteiger partial charge in [0.2, 0.25) is 31.9 Å². The van der Waals surface area contributed by atoms with Gasteiger partial charge in [-0.3, -0.25) is 19.0 Å². The number of carbonyl (C=O) groups is 4. The molecule has 1 atom stereocenters. The second-order valence-corrected chi connectivity index (χ2v) is 20.1. The summed E-state index contributed by atoms with van der Waals surface area (Å²) in [6.45, 7) is 4.70. The molecular formula is C47H50ClF3N8O10S2. The third-order valence-electron chi connectivity index (χ3n) is 11.3. The normalized spacial score (nSPS) is 14.7. The molecule has 378 valence electrons. The van der Waals surface area contributed by atoms with Crippen LogP contribution in [0.4, 0.5) is 24.8 Å². The van der Waals surface area contributed by atoms with Gasteiger partial charge in [-0.2, -0.15) is 10.5 Å². The summed E-state index contributed by atoms with van der Waals surface area (Å²) in [4.78, 5) is 61.4. The first kappa shape index (κ1) is 55.1. The number of halogens is 4. The summed E-state index contributed by atoms with van der Waals surface area (Å²) in [6.07, 6.45) is -0.441. The van der Waals surface area contributed by atoms with Crippen LogP contribution >= 0.6 is 11.6 Å². The second kappa shape index (κ2) is 24.8. The molecule has 2 aliphatic rings. The number of hydrogen-bond donors (Lipinski definition) is 2. The van der Waals surface area contributed by atoms with Crippen LogP contribution in [-0.4, -0.2) is 89.9 Å². The number of hydrogen-bond acceptors (Lipinski definition) is 16. The van der Waals surface area contributed by atoms with Gasteiger partial charge in [-0.25, -0.2) is 49.6 Å². The number of amides is 2. The summed E-state index contributed by atoms with van der Waals surface area (Å²) in [5.41, 5.74) is 0.361. The second-order valence-electron chi connectivity index (χ2n) is 16.3. The molecular weight excluding hydrogens is 993 g/mol. The average Bonchev–Trinajstić information content (AvgIpc) is 3.34. The van der Waals surface area contributed by atoms with Crippen molar-refractivity contribution in [2.24, 2.45) is 11.8 Å². The van der Waals surface area contributed by atoms with Gasteiger partial charge in [0.05, 0.1) is 58.4 Å². The van der Waals surface area contributed by atoms with Crippen molar-refractivity contribution in [3.63, 3.8) is 0 Å². The van der Waals surface area contributed by atoms with E-state index >= 15 is 0 Å². The number of nitrogens with one attached hydrogen (secondary N) is 2. The summed E-state index contributed by atoms with van der Waals surface area (Å²) in [6, 6.07) is 18.3. The largest absolute Gasteiger partial charge is 0.462 e. The molecule has 0 aliphatic carbocycles. The highest BCUT2D eigenvalue weighted by atomic mass is 35.5. The van der Waals surface area contributed by atoms with E-state index < -0.39 is 80.1 Å². The number of nitriles is 2. The maximum atomic E-state index is 14.3. The van der Waals surface area contributed by atoms with Gasteiger partial charge in [-0.1, -0.05) is 48.0 Å². The summed E-state index contributed by atoms with van der Waals surface area (Å²) >= 11 is 5.88. The van der Waals surface area contributed by atoms with Crippen LogP contribution in [0.15, 0.2) is 60.7 Å². The molecule has 24 heteroatoms. The van der Waals surface area contributed by atoms with Crippen molar-refractivity contribution in [1.82, 2.24) is 19.4 Å². The number of sulfonamides is 2. The lowest BCUT2D eigenvalue weighted by molar-refractivity contribution is -0.124. The molecule has 4 heterocycles. The maximum Gasteiger partial charge on any atom is 0.340 e. The number of carbonyl (C=O) groups excluding carboxylic acids is 4. The highest BCUT2D eigenvalue weighted by Crippen LogP contribution is 2.31. The zero-order valence-electron chi connectivity index (χ0n) is 38.8. The molecule has 6 rings (SSSR count). The molecule has 71 heavy (non-hydrogen) atoms. The van der Waals surface area contributed by atoms with Gasteiger partial charge < -0.3 is 19.3 Å². The maximum absolute atomic E-state index is 14.3. The van der Waals surface area contributed by atoms with Crippen molar-refractivity contribution < 1.29 is 58.7 Å². The monoisotopic (exact) mass is 1040 g/mol. The van der Waals surface area contributed by atoms with Crippen molar-refractivity contribution in [3.8, 4) is 12.1 Å². The van der Waals surface area contributed by atoms with Crippen LogP contribution < -0.4 is 19.2 Å². The van der Waals surface area contributed by atoms with Crippen molar-refractivity contribution in [2.45, 2.75) is 70.8 Å². The number of anilines is 2. The minimum Gasteiger partial charge on any atom is -0.462 e. The van der Waals surface area contributed by atoms with Crippen LogP contribution in [0.2, 0.25) is 5.02 Å². The summed E-state index contributed by atoms with van der Waals surface area (Å²) in [5.74, 6) is -5.09. The Morgan fingerprint density at radius 1 is 0.761 bits per heavy atom. The molecule has 2 aromatic carbocycles. The lowest BCUT2D eigenvalue weighted by atomic mass is 9.96. The number of pyridine rings is 2. The number of alkyl halides is 2. The van der Waals surface area contributed by atoms with Crippen molar-refractivity contribution in [2.75, 3.05) is 49.2 Å². The van der Waals surface area contributed by atoms with Gasteiger partial charge in [0.1, 0.15) is 42.4 Å². The third-order valence-corrected chi connectivity index (χ3v) is 14.0. The lowest BCUT2D eigenvalue weighted by Crippen LogP contribution is -2.43. The first-order valence-electron chi connectivity index (χ1n) is 22.2. The smallest absolute Gasteiger partial charge is 0.340 e. The molecule has 2 amide bonds. The molecule has 0 bridgehead atoms. The Morgan fingerprint density at radius 2 is 1.24 bits per heavy atom. The van der Waals surface area contributed by atoms with E-state index in [0.29, 0.717) is 31.5 Å². The van der Waals surface area contributed by atoms with E-state index in [2.05, 4.69) is 14.7 Å². The number of aromatic nitrogens is 2. The number of ether oxygens (including phenoxy) is 2. The SMILES string of the molecule is CCOC(=O)c1cc(C#N)c(N2CCC(C(=O)NS(=O)(=O)Cc3ccc(F)cc3Cl)CC2)nc1CF.CCOC(=O)c1cc(C#N)c(N2CCC(C(=O)NS(=O)(=O)Cc3ccccc3)CC2)nc1C(C)F. The number of benzene rings is 2. The van der Waals surface area contributed by atoms with Crippen molar-refractivity contribution in [3.05, 3.63) is 116 Å². The molecule has 2 N–H and O–H groups in total. The summed E-state index contributed by atoms with van der Waals surface area (Å²) in [5, 5.41) is 19.1. The minimum absolute atomic E-state index is 0.0527. The Labute approximate surface area is 414 Å². The summed E-state index contributed by atoms with van der Waals surface area (Å²) in [7, 11) is -7.93. The molecule has 0 spiro atoms. The quantitative estimate of drug-likeness (QED) is 0.117. The Balaban J connectivity index is 0.000000264. The molecule has 2 saturated heterocycles. The van der Waals surface area contributed by atoms with E-state index in [0.717, 1.165) is 12.1 Å². The van der Waals surface area contributed by atoms with Gasteiger partial charge in [-0.15, -0.1) is 0 Å². The average molecular weight is 1040 g/mol. The summed E-state index contributed by atoms with van der Waals surface area (Å²) < 4.78 is 105. The Kier molecular flexibility index (Phi) is 19.3. The van der Waals surface area contributed by atoms with Crippen molar-refractivity contribution >= 4 is 67.0 Å². The van der Waals surface area contributed by atoms with Crippen molar-refractivity contribution in [1.29, 1.82) is 10.5 Å². The van der Waals surface area contributed by atoms with E-state index in [1.54, 1.807) is 54.0 Å². The predicted molar refractivity (Wildman–Crippen MR) is 253 cm³/mol. The molecule has 2 fully saturated rings. The molecule has 0 saturated carbocycles. The fraction of sp³-hybridized carbons (Fsp3) is 0.404. The van der Waals surface area contributed by atoms with Crippen LogP contribution in [0.25, 0.3) is 0 Å². The third kappa shape index (κ3) is 14.9. The highest BCUT2D eigenvalue weighted by Gasteiger charge is 2.33. The van der Waals surface area contributed by atoms with E-state index in [1.165, 1.54) is 25.1 Å². The van der Waals surface area contributed by atoms with E-state index in [9.17, 15) is 59.7 Å². The molecule has 18 nitrogen and oxygen atoms in total. The zero-order valence-corrected chi connectivity index (χ0v) is 41.2. The van der Waals surface area contributed by atoms with Crippen LogP contribution in [0.1, 0.15) is 107 Å². The van der Waals surface area contributed by atoms with Crippen LogP contribution in [-0.2, 0) is 57.3 Å². The predicted octanol–water partition coefficient (Wildman–Crippen LogP) is 6.28. The zero-order chi connectivity index (χ0) is 52.0. The highest BCUT2D eigenvalue weighted by molar-refractivity contribution is 7.89. The Hall–Kier alpha value is -6.82. The van der Waals surface area contributed by atoms with Gasteiger partial charge in [0, 0.05) is 43.0 Å². The van der Waals surface area contributed by atoms with Gasteiger partial charge in [0.25, 0.3) is 0 Å². The van der Waals surface area contributed by atoms with Crippen LogP contribution in [0.5, 0.6) is 0 Å². The first-order valence-corrected chi connectivity index (χ1v) is 25.9. The Morgan fingerprint density at radius 3 is 1.70 bits per heavy atom. The standard InChI is InChI=1S/C24H27FN4O5S.C23H23ClF2N4O5S/c1-3-34-24(31)20-13-19(14-26)22(27-21(20)16(2)25)29-11-9-18(10-12-29)23(30)28-35(32,33)15-17-7-5-4-6-8-17;1-2-35-23(32)18-9-16(12-27)21(28-20(18)11-25)30-7-5-14(6-8-30)22(31)29-36(33,34)13-15-3-4-17(26)10-19(15)24/h4-8,13,16,18H,3,9-12,15H2,1-2H3,(H,28,30);3-4,9-10,14H,2,5-8,11,13H2,1H3,(H,29,31). The van der Waals surface area contributed by atoms with E-state index in [-0.39, 0.29) is 101 Å². The van der Waals surface area contributed by atoms with Crippen LogP contribution in [0.3, 0.4) is 0 Å². The molecule has 4 aromatic rings. The van der Waals surface area contributed by atoms with Gasteiger partial charge >= 0.3 is 11.9 Å². The molecule has 2 aliphatic heterocycles. The molecule has 0 radical (unpaired) electrons. The number of piperidine rings is 2. The fourth-order valence-corrected chi connectivity index (χ4v) is 10.5. The first-order chi connectivity index (χ1) is 33.7. The topological polar surface area (TPSA) is 259 Å². The number of rotatable bonds is 16. The van der Waals surface area contributed by atoms with E-state index in [4.69, 9.17) is 21.1 Å². The lowest BCUT2D eigenvalue weighted by Gasteiger charge is -2.33. The minimum atomic E-state index is -4.08. The van der Waals surface area contributed by atoms with Crippen LogP contribution in [0, 0.1) is 40.3 Å².